The van der Waals surface area contributed by atoms with Crippen LogP contribution in [0.25, 0.3) is 0 Å². The lowest BCUT2D eigenvalue weighted by Gasteiger charge is -2.09. The second kappa shape index (κ2) is 5.69. The van der Waals surface area contributed by atoms with Gasteiger partial charge < -0.3 is 5.32 Å². The molecule has 0 aliphatic carbocycles. The first-order chi connectivity index (χ1) is 8.66. The van der Waals surface area contributed by atoms with Gasteiger partial charge in [-0.1, -0.05) is 30.3 Å². The SMILES string of the molecule is Cn1ccc(CNC(=O)C(Cl)c2ccccc2)n1. The first-order valence-electron chi connectivity index (χ1n) is 5.62. The van der Waals surface area contributed by atoms with Crippen molar-refractivity contribution in [2.75, 3.05) is 0 Å². The molecule has 2 aromatic rings. The molecule has 1 aromatic heterocycles. The van der Waals surface area contributed by atoms with Gasteiger partial charge in [0.25, 0.3) is 0 Å². The molecule has 2 rings (SSSR count). The standard InChI is InChI=1S/C13H14ClN3O/c1-17-8-7-11(16-17)9-15-13(18)12(14)10-5-3-2-4-6-10/h2-8,12H,9H2,1H3,(H,15,18). The van der Waals surface area contributed by atoms with Crippen LogP contribution in [0.2, 0.25) is 0 Å². The van der Waals surface area contributed by atoms with E-state index in [-0.39, 0.29) is 5.91 Å². The number of halogens is 1. The number of alkyl halides is 1. The van der Waals surface area contributed by atoms with Crippen LogP contribution in [0.3, 0.4) is 0 Å². The summed E-state index contributed by atoms with van der Waals surface area (Å²) in [5, 5.41) is 6.27. The van der Waals surface area contributed by atoms with Crippen molar-refractivity contribution in [2.45, 2.75) is 11.9 Å². The van der Waals surface area contributed by atoms with Crippen molar-refractivity contribution < 1.29 is 4.79 Å². The Hall–Kier alpha value is -1.81. The van der Waals surface area contributed by atoms with Crippen molar-refractivity contribution in [3.8, 4) is 0 Å². The number of aryl methyl sites for hydroxylation is 1. The van der Waals surface area contributed by atoms with E-state index in [1.165, 1.54) is 0 Å². The Morgan fingerprint density at radius 3 is 2.72 bits per heavy atom. The van der Waals surface area contributed by atoms with E-state index in [4.69, 9.17) is 11.6 Å². The fraction of sp³-hybridized carbons (Fsp3) is 0.231. The van der Waals surface area contributed by atoms with Crippen LogP contribution in [0.5, 0.6) is 0 Å². The summed E-state index contributed by atoms with van der Waals surface area (Å²) in [6.07, 6.45) is 1.83. The van der Waals surface area contributed by atoms with Crippen LogP contribution in [0, 0.1) is 0 Å². The smallest absolute Gasteiger partial charge is 0.242 e. The van der Waals surface area contributed by atoms with Gasteiger partial charge in [0, 0.05) is 13.2 Å². The molecule has 1 amide bonds. The van der Waals surface area contributed by atoms with Crippen molar-refractivity contribution in [3.63, 3.8) is 0 Å². The number of amides is 1. The molecule has 18 heavy (non-hydrogen) atoms. The third-order valence-electron chi connectivity index (χ3n) is 2.53. The summed E-state index contributed by atoms with van der Waals surface area (Å²) in [6.45, 7) is 0.385. The molecular formula is C13H14ClN3O. The molecule has 5 heteroatoms. The Balaban J connectivity index is 1.92. The van der Waals surface area contributed by atoms with Gasteiger partial charge in [0.05, 0.1) is 12.2 Å². The summed E-state index contributed by atoms with van der Waals surface area (Å²) in [5.74, 6) is -0.214. The Morgan fingerprint density at radius 2 is 2.11 bits per heavy atom. The number of hydrogen-bond acceptors (Lipinski definition) is 2. The molecule has 0 fully saturated rings. The van der Waals surface area contributed by atoms with Crippen LogP contribution in [0.15, 0.2) is 42.6 Å². The summed E-state index contributed by atoms with van der Waals surface area (Å²) in [6, 6.07) is 11.1. The molecule has 4 nitrogen and oxygen atoms in total. The minimum atomic E-state index is -0.671. The Bertz CT molecular complexity index is 524. The molecule has 1 atom stereocenters. The number of hydrogen-bond donors (Lipinski definition) is 1. The highest BCUT2D eigenvalue weighted by molar-refractivity contribution is 6.30. The van der Waals surface area contributed by atoms with Gasteiger partial charge in [0.1, 0.15) is 5.38 Å². The molecule has 0 saturated carbocycles. The van der Waals surface area contributed by atoms with Crippen LogP contribution in [-0.4, -0.2) is 15.7 Å². The molecule has 1 aromatic carbocycles. The van der Waals surface area contributed by atoms with Crippen molar-refractivity contribution in [2.24, 2.45) is 7.05 Å². The van der Waals surface area contributed by atoms with Gasteiger partial charge in [-0.3, -0.25) is 9.48 Å². The fourth-order valence-electron chi connectivity index (χ4n) is 1.60. The zero-order valence-electron chi connectivity index (χ0n) is 10.0. The second-order valence-corrected chi connectivity index (χ2v) is 4.41. The predicted octanol–water partition coefficient (Wildman–Crippen LogP) is 2.02. The van der Waals surface area contributed by atoms with Gasteiger partial charge in [0.15, 0.2) is 0 Å². The third-order valence-corrected chi connectivity index (χ3v) is 2.99. The highest BCUT2D eigenvalue weighted by Crippen LogP contribution is 2.19. The minimum Gasteiger partial charge on any atom is -0.349 e. The molecule has 0 saturated heterocycles. The zero-order chi connectivity index (χ0) is 13.0. The number of carbonyl (C=O) groups is 1. The molecule has 94 valence electrons. The number of rotatable bonds is 4. The number of nitrogens with one attached hydrogen (secondary N) is 1. The van der Waals surface area contributed by atoms with E-state index < -0.39 is 5.38 Å². The summed E-state index contributed by atoms with van der Waals surface area (Å²) >= 11 is 6.09. The zero-order valence-corrected chi connectivity index (χ0v) is 10.8. The maximum absolute atomic E-state index is 11.8. The van der Waals surface area contributed by atoms with Gasteiger partial charge in [-0.2, -0.15) is 5.10 Å². The molecule has 0 aliphatic rings. The largest absolute Gasteiger partial charge is 0.349 e. The van der Waals surface area contributed by atoms with Crippen LogP contribution in [0.1, 0.15) is 16.6 Å². The summed E-state index contributed by atoms with van der Waals surface area (Å²) in [7, 11) is 1.83. The molecule has 0 bridgehead atoms. The molecule has 0 radical (unpaired) electrons. The molecule has 1 N–H and O–H groups in total. The van der Waals surface area contributed by atoms with E-state index in [2.05, 4.69) is 10.4 Å². The number of nitrogens with zero attached hydrogens (tertiary/aromatic N) is 2. The highest BCUT2D eigenvalue weighted by atomic mass is 35.5. The Kier molecular flexibility index (Phi) is 3.99. The van der Waals surface area contributed by atoms with Crippen molar-refractivity contribution in [1.82, 2.24) is 15.1 Å². The lowest BCUT2D eigenvalue weighted by Crippen LogP contribution is -2.26. The first-order valence-corrected chi connectivity index (χ1v) is 6.05. The van der Waals surface area contributed by atoms with E-state index in [0.717, 1.165) is 11.3 Å². The Morgan fingerprint density at radius 1 is 1.39 bits per heavy atom. The minimum absolute atomic E-state index is 0.214. The summed E-state index contributed by atoms with van der Waals surface area (Å²) in [5.41, 5.74) is 1.60. The van der Waals surface area contributed by atoms with E-state index >= 15 is 0 Å². The average molecular weight is 264 g/mol. The average Bonchev–Trinajstić information content (AvgIpc) is 2.82. The lowest BCUT2D eigenvalue weighted by atomic mass is 10.1. The van der Waals surface area contributed by atoms with E-state index in [1.807, 2.05) is 49.6 Å². The fourth-order valence-corrected chi connectivity index (χ4v) is 1.82. The summed E-state index contributed by atoms with van der Waals surface area (Å²) < 4.78 is 1.69. The van der Waals surface area contributed by atoms with Crippen molar-refractivity contribution in [1.29, 1.82) is 0 Å². The molecule has 1 unspecified atom stereocenters. The lowest BCUT2D eigenvalue weighted by molar-refractivity contribution is -0.121. The second-order valence-electron chi connectivity index (χ2n) is 3.97. The monoisotopic (exact) mass is 263 g/mol. The summed E-state index contributed by atoms with van der Waals surface area (Å²) in [4.78, 5) is 11.8. The van der Waals surface area contributed by atoms with Crippen molar-refractivity contribution >= 4 is 17.5 Å². The maximum Gasteiger partial charge on any atom is 0.242 e. The van der Waals surface area contributed by atoms with Crippen LogP contribution >= 0.6 is 11.6 Å². The van der Waals surface area contributed by atoms with Crippen LogP contribution < -0.4 is 5.32 Å². The first kappa shape index (κ1) is 12.6. The van der Waals surface area contributed by atoms with Crippen LogP contribution in [-0.2, 0) is 18.4 Å². The van der Waals surface area contributed by atoms with Crippen molar-refractivity contribution in [3.05, 3.63) is 53.9 Å². The van der Waals surface area contributed by atoms with E-state index in [0.29, 0.717) is 6.54 Å². The third kappa shape index (κ3) is 3.11. The Labute approximate surface area is 111 Å². The molecule has 0 aliphatic heterocycles. The van der Waals surface area contributed by atoms with Gasteiger partial charge in [0.2, 0.25) is 5.91 Å². The molecule has 1 heterocycles. The van der Waals surface area contributed by atoms with Gasteiger partial charge in [-0.05, 0) is 11.6 Å². The van der Waals surface area contributed by atoms with Gasteiger partial charge in [-0.15, -0.1) is 11.6 Å². The predicted molar refractivity (Wildman–Crippen MR) is 70.1 cm³/mol. The number of aromatic nitrogens is 2. The van der Waals surface area contributed by atoms with Gasteiger partial charge in [-0.25, -0.2) is 0 Å². The topological polar surface area (TPSA) is 46.9 Å². The van der Waals surface area contributed by atoms with E-state index in [1.54, 1.807) is 4.68 Å². The van der Waals surface area contributed by atoms with Crippen LogP contribution in [0.4, 0.5) is 0 Å². The highest BCUT2D eigenvalue weighted by Gasteiger charge is 2.16. The van der Waals surface area contributed by atoms with Gasteiger partial charge >= 0.3 is 0 Å². The normalized spacial score (nSPS) is 12.1. The molecule has 0 spiro atoms. The maximum atomic E-state index is 11.8. The number of carbonyl (C=O) groups excluding carboxylic acids is 1. The van der Waals surface area contributed by atoms with E-state index in [9.17, 15) is 4.79 Å². The quantitative estimate of drug-likeness (QED) is 0.858. The molecular weight excluding hydrogens is 250 g/mol. The number of benzene rings is 1.